The summed E-state index contributed by atoms with van der Waals surface area (Å²) in [6.07, 6.45) is 6.06. The van der Waals surface area contributed by atoms with E-state index in [0.29, 0.717) is 12.1 Å². The molecule has 0 bridgehead atoms. The summed E-state index contributed by atoms with van der Waals surface area (Å²) in [5, 5.41) is 4.28. The van der Waals surface area contributed by atoms with Crippen molar-refractivity contribution in [1.29, 1.82) is 0 Å². The van der Waals surface area contributed by atoms with Gasteiger partial charge in [0.25, 0.3) is 5.91 Å². The summed E-state index contributed by atoms with van der Waals surface area (Å²) in [7, 11) is 0. The molecular weight excluding hydrogens is 306 g/mol. The van der Waals surface area contributed by atoms with Crippen LogP contribution in [0.4, 0.5) is 0 Å². The lowest BCUT2D eigenvalue weighted by Gasteiger charge is -2.05. The Hall–Kier alpha value is -3.35. The Morgan fingerprint density at radius 2 is 1.92 bits per heavy atom. The first-order valence-corrected chi connectivity index (χ1v) is 7.54. The number of nitrogens with one attached hydrogen (secondary N) is 3. The van der Waals surface area contributed by atoms with Gasteiger partial charge in [-0.1, -0.05) is 18.2 Å². The van der Waals surface area contributed by atoms with Crippen molar-refractivity contribution in [3.8, 4) is 5.69 Å². The van der Waals surface area contributed by atoms with Crippen LogP contribution < -0.4 is 10.9 Å². The Labute approximate surface area is 138 Å². The summed E-state index contributed by atoms with van der Waals surface area (Å²) >= 11 is 0. The highest BCUT2D eigenvalue weighted by molar-refractivity contribution is 5.93. The van der Waals surface area contributed by atoms with Crippen molar-refractivity contribution in [1.82, 2.24) is 25.6 Å². The van der Waals surface area contributed by atoms with E-state index in [1.54, 1.807) is 29.2 Å². The van der Waals surface area contributed by atoms with E-state index in [0.717, 1.165) is 11.3 Å². The van der Waals surface area contributed by atoms with Crippen LogP contribution in [0.3, 0.4) is 0 Å². The van der Waals surface area contributed by atoms with Crippen molar-refractivity contribution in [2.45, 2.75) is 12.8 Å². The zero-order chi connectivity index (χ0) is 16.8. The molecule has 122 valence electrons. The van der Waals surface area contributed by atoms with Crippen molar-refractivity contribution < 1.29 is 9.59 Å². The number of amides is 2. The monoisotopic (exact) mass is 323 g/mol. The van der Waals surface area contributed by atoms with E-state index in [2.05, 4.69) is 20.9 Å². The van der Waals surface area contributed by atoms with Crippen LogP contribution in [0.15, 0.2) is 61.1 Å². The van der Waals surface area contributed by atoms with E-state index in [4.69, 9.17) is 0 Å². The number of carbonyl (C=O) groups excluding carboxylic acids is 2. The van der Waals surface area contributed by atoms with Crippen LogP contribution in [0.2, 0.25) is 0 Å². The van der Waals surface area contributed by atoms with Gasteiger partial charge in [0.05, 0.1) is 11.9 Å². The van der Waals surface area contributed by atoms with Crippen LogP contribution in [0.5, 0.6) is 0 Å². The average Bonchev–Trinajstić information content (AvgIpc) is 3.30. The summed E-state index contributed by atoms with van der Waals surface area (Å²) in [4.78, 5) is 26.2. The molecule has 3 aromatic rings. The van der Waals surface area contributed by atoms with E-state index in [9.17, 15) is 9.59 Å². The van der Waals surface area contributed by atoms with Crippen LogP contribution >= 0.6 is 0 Å². The number of nitrogens with zero attached hydrogens (tertiary/aromatic N) is 2. The lowest BCUT2D eigenvalue weighted by molar-refractivity contribution is -0.121. The Morgan fingerprint density at radius 1 is 1.08 bits per heavy atom. The minimum Gasteiger partial charge on any atom is -0.357 e. The van der Waals surface area contributed by atoms with Gasteiger partial charge < -0.3 is 4.98 Å². The van der Waals surface area contributed by atoms with E-state index >= 15 is 0 Å². The minimum atomic E-state index is -0.384. The Balaban J connectivity index is 1.46. The molecule has 0 unspecified atom stereocenters. The summed E-state index contributed by atoms with van der Waals surface area (Å²) < 4.78 is 1.76. The summed E-state index contributed by atoms with van der Waals surface area (Å²) in [5.74, 6) is -0.646. The fourth-order valence-electron chi connectivity index (χ4n) is 2.20. The first-order chi connectivity index (χ1) is 11.7. The maximum absolute atomic E-state index is 11.8. The molecular formula is C17H17N5O2. The van der Waals surface area contributed by atoms with Crippen LogP contribution in [0.25, 0.3) is 5.69 Å². The molecule has 0 aliphatic carbocycles. The molecule has 0 spiro atoms. The van der Waals surface area contributed by atoms with Gasteiger partial charge in [0.15, 0.2) is 0 Å². The zero-order valence-electron chi connectivity index (χ0n) is 12.9. The first kappa shape index (κ1) is 15.5. The van der Waals surface area contributed by atoms with Gasteiger partial charge >= 0.3 is 0 Å². The highest BCUT2D eigenvalue weighted by Crippen LogP contribution is 2.09. The quantitative estimate of drug-likeness (QED) is 0.623. The van der Waals surface area contributed by atoms with Gasteiger partial charge in [0.2, 0.25) is 5.91 Å². The summed E-state index contributed by atoms with van der Waals surface area (Å²) in [6.45, 7) is 0. The van der Waals surface area contributed by atoms with E-state index in [1.165, 1.54) is 0 Å². The second-order valence-corrected chi connectivity index (χ2v) is 5.21. The molecule has 7 heteroatoms. The van der Waals surface area contributed by atoms with Crippen molar-refractivity contribution in [3.63, 3.8) is 0 Å². The smallest absolute Gasteiger partial charge is 0.286 e. The fourth-order valence-corrected chi connectivity index (χ4v) is 2.20. The molecule has 0 aliphatic heterocycles. The Morgan fingerprint density at radius 3 is 2.67 bits per heavy atom. The third-order valence-corrected chi connectivity index (χ3v) is 3.46. The second kappa shape index (κ2) is 7.28. The number of para-hydroxylation sites is 1. The Bertz CT molecular complexity index is 809. The van der Waals surface area contributed by atoms with Crippen LogP contribution in [-0.2, 0) is 11.2 Å². The highest BCUT2D eigenvalue weighted by atomic mass is 16.2. The lowest BCUT2D eigenvalue weighted by atomic mass is 10.2. The molecule has 0 atom stereocenters. The maximum Gasteiger partial charge on any atom is 0.286 e. The zero-order valence-corrected chi connectivity index (χ0v) is 12.9. The predicted molar refractivity (Wildman–Crippen MR) is 88.3 cm³/mol. The van der Waals surface area contributed by atoms with E-state index < -0.39 is 0 Å². The molecule has 1 aromatic carbocycles. The fraction of sp³-hybridized carbons (Fsp3) is 0.118. The standard InChI is InChI=1S/C17H17N5O2/c23-16(20-21-17(24)15-7-4-10-18-15)9-8-13-11-19-22(12-13)14-5-2-1-3-6-14/h1-7,10-12,18H,8-9H2,(H,20,23)(H,21,24). The molecule has 2 amide bonds. The number of aromatic nitrogens is 3. The average molecular weight is 323 g/mol. The number of aryl methyl sites for hydroxylation is 1. The predicted octanol–water partition coefficient (Wildman–Crippen LogP) is 1.59. The number of carbonyl (C=O) groups is 2. The minimum absolute atomic E-state index is 0.255. The molecule has 0 radical (unpaired) electrons. The molecule has 7 nitrogen and oxygen atoms in total. The van der Waals surface area contributed by atoms with Gasteiger partial charge in [-0.2, -0.15) is 5.10 Å². The molecule has 2 aromatic heterocycles. The molecule has 3 rings (SSSR count). The molecule has 0 fully saturated rings. The third kappa shape index (κ3) is 3.89. The number of benzene rings is 1. The van der Waals surface area contributed by atoms with Gasteiger partial charge in [-0.05, 0) is 36.2 Å². The number of rotatable bonds is 5. The maximum atomic E-state index is 11.8. The normalized spacial score (nSPS) is 10.3. The number of aromatic amines is 1. The largest absolute Gasteiger partial charge is 0.357 e. The highest BCUT2D eigenvalue weighted by Gasteiger charge is 2.08. The molecule has 0 aliphatic rings. The first-order valence-electron chi connectivity index (χ1n) is 7.54. The van der Waals surface area contributed by atoms with Gasteiger partial charge in [-0.15, -0.1) is 0 Å². The number of hydrogen-bond acceptors (Lipinski definition) is 3. The lowest BCUT2D eigenvalue weighted by Crippen LogP contribution is -2.41. The van der Waals surface area contributed by atoms with Crippen LogP contribution in [0, 0.1) is 0 Å². The second-order valence-electron chi connectivity index (χ2n) is 5.21. The number of hydrazine groups is 1. The molecule has 2 heterocycles. The number of hydrogen-bond donors (Lipinski definition) is 3. The van der Waals surface area contributed by atoms with Gasteiger partial charge in [-0.25, -0.2) is 4.68 Å². The molecule has 24 heavy (non-hydrogen) atoms. The van der Waals surface area contributed by atoms with Crippen LogP contribution in [0.1, 0.15) is 22.5 Å². The van der Waals surface area contributed by atoms with Crippen molar-refractivity contribution >= 4 is 11.8 Å². The Kier molecular flexibility index (Phi) is 4.71. The summed E-state index contributed by atoms with van der Waals surface area (Å²) in [6, 6.07) is 13.1. The molecule has 3 N–H and O–H groups in total. The van der Waals surface area contributed by atoms with Gasteiger partial charge in [0.1, 0.15) is 5.69 Å². The SMILES string of the molecule is O=C(CCc1cnn(-c2ccccc2)c1)NNC(=O)c1ccc[nH]1. The molecule has 0 saturated carbocycles. The van der Waals surface area contributed by atoms with Crippen molar-refractivity contribution in [2.75, 3.05) is 0 Å². The summed E-state index contributed by atoms with van der Waals surface area (Å²) in [5.41, 5.74) is 7.06. The third-order valence-electron chi connectivity index (χ3n) is 3.46. The van der Waals surface area contributed by atoms with Crippen LogP contribution in [-0.4, -0.2) is 26.6 Å². The van der Waals surface area contributed by atoms with Crippen molar-refractivity contribution in [2.24, 2.45) is 0 Å². The molecule has 0 saturated heterocycles. The topological polar surface area (TPSA) is 91.8 Å². The van der Waals surface area contributed by atoms with Gasteiger partial charge in [0, 0.05) is 18.8 Å². The van der Waals surface area contributed by atoms with Gasteiger partial charge in [-0.3, -0.25) is 20.4 Å². The van der Waals surface area contributed by atoms with Crippen molar-refractivity contribution in [3.05, 3.63) is 72.3 Å². The van der Waals surface area contributed by atoms with E-state index in [1.807, 2.05) is 36.5 Å². The van der Waals surface area contributed by atoms with E-state index in [-0.39, 0.29) is 18.2 Å². The number of H-pyrrole nitrogens is 1.